The Bertz CT molecular complexity index is 971. The van der Waals surface area contributed by atoms with E-state index in [4.69, 9.17) is 0 Å². The molecule has 2 N–H and O–H groups in total. The molecule has 8 heteroatoms. The van der Waals surface area contributed by atoms with Crippen molar-refractivity contribution in [2.75, 3.05) is 0 Å². The Morgan fingerprint density at radius 3 is 2.86 bits per heavy atom. The number of nitrogens with zero attached hydrogens (tertiary/aromatic N) is 3. The lowest BCUT2D eigenvalue weighted by Crippen LogP contribution is -2.51. The van der Waals surface area contributed by atoms with E-state index in [0.29, 0.717) is 17.5 Å². The molecule has 0 fully saturated rings. The molecule has 0 radical (unpaired) electrons. The van der Waals surface area contributed by atoms with Crippen LogP contribution in [0.15, 0.2) is 30.7 Å². The minimum Gasteiger partial charge on any atom is -0.481 e. The van der Waals surface area contributed by atoms with Gasteiger partial charge in [-0.05, 0) is 56.9 Å². The number of carbonyl (C=O) groups is 1. The Morgan fingerprint density at radius 1 is 1.46 bits per heavy atom. The van der Waals surface area contributed by atoms with Crippen LogP contribution >= 0.6 is 0 Å². The zero-order valence-corrected chi connectivity index (χ0v) is 17.0. The number of carboxylic acid groups (broad SMARTS) is 1. The van der Waals surface area contributed by atoms with Crippen LogP contribution in [0.2, 0.25) is 0 Å². The Hall–Kier alpha value is -2.50. The van der Waals surface area contributed by atoms with Gasteiger partial charge in [0.25, 0.3) is 0 Å². The van der Waals surface area contributed by atoms with Gasteiger partial charge in [0.2, 0.25) is 0 Å². The van der Waals surface area contributed by atoms with E-state index in [1.54, 1.807) is 30.7 Å². The van der Waals surface area contributed by atoms with Crippen molar-refractivity contribution in [2.45, 2.75) is 56.9 Å². The van der Waals surface area contributed by atoms with Gasteiger partial charge in [-0.1, -0.05) is 6.07 Å². The van der Waals surface area contributed by atoms with Crippen LogP contribution in [-0.2, 0) is 34.3 Å². The monoisotopic (exact) mass is 400 g/mol. The number of rotatable bonds is 5. The molecule has 0 amide bonds. The largest absolute Gasteiger partial charge is 0.481 e. The molecule has 1 aromatic carbocycles. The number of nitriles is 1. The van der Waals surface area contributed by atoms with Crippen molar-refractivity contribution < 1.29 is 14.1 Å². The van der Waals surface area contributed by atoms with Crippen LogP contribution in [0.4, 0.5) is 0 Å². The van der Waals surface area contributed by atoms with E-state index in [-0.39, 0.29) is 6.42 Å². The molecule has 0 saturated carbocycles. The second-order valence-corrected chi connectivity index (χ2v) is 9.98. The first-order valence-corrected chi connectivity index (χ1v) is 10.3. The van der Waals surface area contributed by atoms with Gasteiger partial charge in [0.05, 0.1) is 57.5 Å². The molecular weight excluding hydrogens is 376 g/mol. The van der Waals surface area contributed by atoms with Crippen LogP contribution in [-0.4, -0.2) is 29.6 Å². The molecule has 2 aromatic rings. The molecule has 1 aliphatic heterocycles. The number of aryl methyl sites for hydroxylation is 1. The van der Waals surface area contributed by atoms with Crippen LogP contribution in [0, 0.1) is 11.3 Å². The maximum Gasteiger partial charge on any atom is 0.307 e. The summed E-state index contributed by atoms with van der Waals surface area (Å²) < 4.78 is 17.9. The predicted octanol–water partition coefficient (Wildman–Crippen LogP) is 2.47. The first-order chi connectivity index (χ1) is 13.2. The van der Waals surface area contributed by atoms with E-state index >= 15 is 0 Å². The lowest BCUT2D eigenvalue weighted by molar-refractivity contribution is -0.136. The summed E-state index contributed by atoms with van der Waals surface area (Å²) in [5, 5.41) is 18.7. The van der Waals surface area contributed by atoms with Gasteiger partial charge in [-0.15, -0.1) is 0 Å². The Balaban J connectivity index is 2.24. The molecule has 28 heavy (non-hydrogen) atoms. The van der Waals surface area contributed by atoms with Gasteiger partial charge in [-0.3, -0.25) is 4.79 Å². The fourth-order valence-corrected chi connectivity index (χ4v) is 4.57. The summed E-state index contributed by atoms with van der Waals surface area (Å²) in [6, 6.07) is 7.15. The molecule has 2 atom stereocenters. The number of aromatic nitrogens is 2. The van der Waals surface area contributed by atoms with Crippen molar-refractivity contribution in [3.05, 3.63) is 53.1 Å². The number of hydrogen-bond acceptors (Lipinski definition) is 4. The maximum absolute atomic E-state index is 13.1. The molecule has 1 aromatic heterocycles. The minimum absolute atomic E-state index is 0.218. The summed E-state index contributed by atoms with van der Waals surface area (Å²) in [6.07, 6.45) is 4.74. The number of imidazole rings is 1. The van der Waals surface area contributed by atoms with Gasteiger partial charge in [0.1, 0.15) is 0 Å². The average molecular weight is 401 g/mol. The van der Waals surface area contributed by atoms with Crippen molar-refractivity contribution in [1.29, 1.82) is 5.26 Å². The van der Waals surface area contributed by atoms with Gasteiger partial charge in [0.15, 0.2) is 0 Å². The molecule has 0 spiro atoms. The first-order valence-electron chi connectivity index (χ1n) is 9.13. The summed E-state index contributed by atoms with van der Waals surface area (Å²) in [5.41, 5.74) is 1.68. The quantitative estimate of drug-likeness (QED) is 0.802. The SMILES string of the molecule is CC(C)(C)S(=O)NC1(c2ccc(C#N)cc2CC(=O)O)CCCn2cncc21. The molecule has 2 unspecified atom stereocenters. The highest BCUT2D eigenvalue weighted by Crippen LogP contribution is 2.40. The number of carboxylic acids is 1. The molecule has 0 bridgehead atoms. The zero-order chi connectivity index (χ0) is 20.5. The van der Waals surface area contributed by atoms with E-state index in [2.05, 4.69) is 15.8 Å². The Labute approximate surface area is 167 Å². The summed E-state index contributed by atoms with van der Waals surface area (Å²) in [4.78, 5) is 15.8. The first kappa shape index (κ1) is 20.2. The normalized spacial score (nSPS) is 20.2. The van der Waals surface area contributed by atoms with Crippen molar-refractivity contribution >= 4 is 17.0 Å². The van der Waals surface area contributed by atoms with E-state index in [1.807, 2.05) is 25.3 Å². The molecule has 3 rings (SSSR count). The van der Waals surface area contributed by atoms with E-state index in [1.165, 1.54) is 0 Å². The smallest absolute Gasteiger partial charge is 0.307 e. The van der Waals surface area contributed by atoms with Gasteiger partial charge in [-0.2, -0.15) is 5.26 Å². The van der Waals surface area contributed by atoms with E-state index in [0.717, 1.165) is 24.2 Å². The lowest BCUT2D eigenvalue weighted by Gasteiger charge is -2.41. The third kappa shape index (κ3) is 3.73. The summed E-state index contributed by atoms with van der Waals surface area (Å²) >= 11 is 0. The van der Waals surface area contributed by atoms with E-state index < -0.39 is 27.2 Å². The summed E-state index contributed by atoms with van der Waals surface area (Å²) in [7, 11) is -1.40. The van der Waals surface area contributed by atoms with Gasteiger partial charge < -0.3 is 9.67 Å². The number of benzene rings is 1. The highest BCUT2D eigenvalue weighted by molar-refractivity contribution is 7.84. The standard InChI is InChI=1S/C20H24N4O3S/c1-19(2,3)28(27)23-20(7-4-8-24-13-22-12-17(20)24)16-6-5-14(11-21)9-15(16)10-18(25)26/h5-6,9,12-13,23H,4,7-8,10H2,1-3H3,(H,25,26). The molecule has 2 heterocycles. The summed E-state index contributed by atoms with van der Waals surface area (Å²) in [5.74, 6) is -0.979. The van der Waals surface area contributed by atoms with Crippen LogP contribution < -0.4 is 4.72 Å². The van der Waals surface area contributed by atoms with Gasteiger partial charge >= 0.3 is 5.97 Å². The number of aliphatic carboxylic acids is 1. The second kappa shape index (κ2) is 7.49. The third-order valence-corrected chi connectivity index (χ3v) is 6.61. The van der Waals surface area contributed by atoms with Crippen molar-refractivity contribution in [3.63, 3.8) is 0 Å². The number of fused-ring (bicyclic) bond motifs is 1. The van der Waals surface area contributed by atoms with Crippen LogP contribution in [0.3, 0.4) is 0 Å². The molecule has 7 nitrogen and oxygen atoms in total. The highest BCUT2D eigenvalue weighted by atomic mass is 32.2. The maximum atomic E-state index is 13.1. The molecule has 0 saturated heterocycles. The van der Waals surface area contributed by atoms with Crippen LogP contribution in [0.1, 0.15) is 56.0 Å². The van der Waals surface area contributed by atoms with Gasteiger partial charge in [-0.25, -0.2) is 13.9 Å². The second-order valence-electron chi connectivity index (χ2n) is 8.02. The highest BCUT2D eigenvalue weighted by Gasteiger charge is 2.43. The zero-order valence-electron chi connectivity index (χ0n) is 16.2. The Kier molecular flexibility index (Phi) is 5.41. The van der Waals surface area contributed by atoms with Gasteiger partial charge in [0, 0.05) is 6.54 Å². The summed E-state index contributed by atoms with van der Waals surface area (Å²) in [6.45, 7) is 6.47. The van der Waals surface area contributed by atoms with Crippen molar-refractivity contribution in [3.8, 4) is 6.07 Å². The Morgan fingerprint density at radius 2 is 2.21 bits per heavy atom. The minimum atomic E-state index is -1.40. The molecule has 0 aliphatic carbocycles. The fourth-order valence-electron chi connectivity index (χ4n) is 3.63. The van der Waals surface area contributed by atoms with Crippen LogP contribution in [0.5, 0.6) is 0 Å². The van der Waals surface area contributed by atoms with Crippen molar-refractivity contribution in [2.24, 2.45) is 0 Å². The number of hydrogen-bond donors (Lipinski definition) is 2. The third-order valence-electron chi connectivity index (χ3n) is 4.96. The average Bonchev–Trinajstić information content (AvgIpc) is 3.10. The number of nitrogens with one attached hydrogen (secondary N) is 1. The lowest BCUT2D eigenvalue weighted by atomic mass is 9.78. The predicted molar refractivity (Wildman–Crippen MR) is 106 cm³/mol. The molecular formula is C20H24N4O3S. The molecule has 148 valence electrons. The fraction of sp³-hybridized carbons (Fsp3) is 0.450. The van der Waals surface area contributed by atoms with Crippen molar-refractivity contribution in [1.82, 2.24) is 14.3 Å². The topological polar surface area (TPSA) is 108 Å². The van der Waals surface area contributed by atoms with Crippen LogP contribution in [0.25, 0.3) is 0 Å². The van der Waals surface area contributed by atoms with E-state index in [9.17, 15) is 19.4 Å². The molecule has 1 aliphatic rings.